The van der Waals surface area contributed by atoms with E-state index in [0.29, 0.717) is 5.92 Å². The SMILES string of the molecule is CCCCOc1ccc(C2=C(C=CC3=[N+](CCCC)c4cccc5cccc3c45)C(C)CCC2=CC=c2c3cccc4cccc(c43)n2CCCC)cc1. The van der Waals surface area contributed by atoms with E-state index in [-0.39, 0.29) is 0 Å². The zero-order valence-electron chi connectivity index (χ0n) is 32.7. The van der Waals surface area contributed by atoms with Gasteiger partial charge in [0.15, 0.2) is 0 Å². The Morgan fingerprint density at radius 2 is 1.46 bits per heavy atom. The molecule has 0 bridgehead atoms. The summed E-state index contributed by atoms with van der Waals surface area (Å²) in [5, 5.41) is 8.06. The minimum absolute atomic E-state index is 0.427. The van der Waals surface area contributed by atoms with Gasteiger partial charge in [0.1, 0.15) is 12.3 Å². The molecule has 8 rings (SSSR count). The second kappa shape index (κ2) is 16.1. The van der Waals surface area contributed by atoms with Crippen LogP contribution in [0.1, 0.15) is 90.2 Å². The number of hydrogen-bond donors (Lipinski definition) is 0. The molecule has 0 fully saturated rings. The monoisotopic (exact) mass is 711 g/mol. The Kier molecular flexibility index (Phi) is 10.7. The number of rotatable bonds is 14. The molecule has 6 aromatic rings. The quantitative estimate of drug-likeness (QED) is 0.0812. The van der Waals surface area contributed by atoms with Crippen molar-refractivity contribution in [3.63, 3.8) is 0 Å². The summed E-state index contributed by atoms with van der Waals surface area (Å²) in [4.78, 5) is 0. The normalized spacial score (nSPS) is 17.1. The van der Waals surface area contributed by atoms with E-state index in [0.717, 1.165) is 64.0 Å². The lowest BCUT2D eigenvalue weighted by atomic mass is 9.77. The number of aromatic nitrogens is 1. The van der Waals surface area contributed by atoms with Crippen molar-refractivity contribution in [3.8, 4) is 5.75 Å². The van der Waals surface area contributed by atoms with Gasteiger partial charge in [-0.1, -0.05) is 126 Å². The van der Waals surface area contributed by atoms with Crippen LogP contribution < -0.4 is 10.1 Å². The number of ether oxygens (including phenoxy) is 1. The fraction of sp³-hybridized carbons (Fsp3) is 0.314. The van der Waals surface area contributed by atoms with Crippen molar-refractivity contribution in [2.45, 2.75) is 85.6 Å². The van der Waals surface area contributed by atoms with Crippen molar-refractivity contribution in [2.24, 2.45) is 5.92 Å². The molecule has 1 atom stereocenters. The van der Waals surface area contributed by atoms with Crippen molar-refractivity contribution in [3.05, 3.63) is 143 Å². The molecule has 1 aliphatic carbocycles. The van der Waals surface area contributed by atoms with Crippen molar-refractivity contribution < 1.29 is 9.31 Å². The predicted octanol–water partition coefficient (Wildman–Crippen LogP) is 12.7. The summed E-state index contributed by atoms with van der Waals surface area (Å²) in [6.45, 7) is 12.0. The standard InChI is InChI=1S/C51H55N2O/c1-5-8-33-52-45(43-19-11-15-37-17-13-21-47(52)50(37)43)31-27-39-24-23-36(4)42(49(39)40-25-28-41(29-26-40)54-35-10-7-3)30-32-46-44-20-12-16-38-18-14-22-48(51(38)44)53(46)34-9-6-2/h11-22,25-32,36H,5-10,23-24,33-35H2,1-4H3/q+1. The summed E-state index contributed by atoms with van der Waals surface area (Å²) in [5.74, 6) is 1.38. The van der Waals surface area contributed by atoms with Crippen LogP contribution in [0.15, 0.2) is 126 Å². The third-order valence-electron chi connectivity index (χ3n) is 11.7. The highest BCUT2D eigenvalue weighted by atomic mass is 16.5. The predicted molar refractivity (Wildman–Crippen MR) is 231 cm³/mol. The second-order valence-corrected chi connectivity index (χ2v) is 15.3. The highest BCUT2D eigenvalue weighted by Gasteiger charge is 2.31. The molecule has 5 aromatic carbocycles. The molecule has 0 saturated carbocycles. The third-order valence-corrected chi connectivity index (χ3v) is 11.7. The molecular weight excluding hydrogens is 657 g/mol. The number of nitrogens with zero attached hydrogens (tertiary/aromatic N) is 2. The van der Waals surface area contributed by atoms with Gasteiger partial charge in [0.05, 0.1) is 17.6 Å². The average Bonchev–Trinajstić information content (AvgIpc) is 3.68. The van der Waals surface area contributed by atoms with Gasteiger partial charge in [-0.25, -0.2) is 0 Å². The minimum Gasteiger partial charge on any atom is -0.494 e. The highest BCUT2D eigenvalue weighted by Crippen LogP contribution is 2.42. The smallest absolute Gasteiger partial charge is 0.214 e. The largest absolute Gasteiger partial charge is 0.494 e. The fourth-order valence-corrected chi connectivity index (χ4v) is 8.79. The topological polar surface area (TPSA) is 17.2 Å². The molecule has 1 aromatic heterocycles. The molecule has 0 amide bonds. The van der Waals surface area contributed by atoms with Crippen molar-refractivity contribution in [1.29, 1.82) is 0 Å². The van der Waals surface area contributed by atoms with Gasteiger partial charge < -0.3 is 9.30 Å². The van der Waals surface area contributed by atoms with Gasteiger partial charge in [0, 0.05) is 46.7 Å². The first-order chi connectivity index (χ1) is 26.6. The number of allylic oxidation sites excluding steroid dienone is 6. The number of benzene rings is 5. The van der Waals surface area contributed by atoms with E-state index in [4.69, 9.17) is 4.74 Å². The summed E-state index contributed by atoms with van der Waals surface area (Å²) < 4.78 is 11.3. The van der Waals surface area contributed by atoms with Crippen LogP contribution in [0.2, 0.25) is 0 Å². The molecular formula is C51H55N2O+. The first kappa shape index (κ1) is 35.9. The Labute approximate surface area is 321 Å². The molecule has 0 saturated heterocycles. The highest BCUT2D eigenvalue weighted by molar-refractivity contribution is 6.19. The van der Waals surface area contributed by atoms with Crippen LogP contribution in [0.5, 0.6) is 5.75 Å². The molecule has 54 heavy (non-hydrogen) atoms. The van der Waals surface area contributed by atoms with Crippen molar-refractivity contribution in [1.82, 2.24) is 4.57 Å². The third kappa shape index (κ3) is 6.74. The maximum absolute atomic E-state index is 6.13. The van der Waals surface area contributed by atoms with Crippen LogP contribution in [-0.4, -0.2) is 28.0 Å². The fourth-order valence-electron chi connectivity index (χ4n) is 8.79. The Morgan fingerprint density at radius 3 is 2.24 bits per heavy atom. The van der Waals surface area contributed by atoms with E-state index in [2.05, 4.69) is 158 Å². The van der Waals surface area contributed by atoms with Gasteiger partial charge in [0.2, 0.25) is 11.4 Å². The van der Waals surface area contributed by atoms with E-state index in [9.17, 15) is 0 Å². The Morgan fingerprint density at radius 1 is 0.741 bits per heavy atom. The van der Waals surface area contributed by atoms with E-state index in [1.807, 2.05) is 0 Å². The van der Waals surface area contributed by atoms with Crippen LogP contribution in [0, 0.1) is 5.92 Å². The van der Waals surface area contributed by atoms with Gasteiger partial charge in [-0.15, -0.1) is 0 Å². The zero-order valence-corrected chi connectivity index (χ0v) is 32.7. The molecule has 1 unspecified atom stereocenters. The lowest BCUT2D eigenvalue weighted by Gasteiger charge is -2.27. The summed E-state index contributed by atoms with van der Waals surface area (Å²) in [6.07, 6.45) is 18.8. The molecule has 3 heteroatoms. The van der Waals surface area contributed by atoms with Crippen molar-refractivity contribution in [2.75, 3.05) is 13.2 Å². The molecule has 0 spiro atoms. The Bertz CT molecular complexity index is 2480. The van der Waals surface area contributed by atoms with E-state index < -0.39 is 0 Å². The lowest BCUT2D eigenvalue weighted by molar-refractivity contribution is -0.436. The molecule has 0 radical (unpaired) electrons. The van der Waals surface area contributed by atoms with E-state index in [1.54, 1.807) is 0 Å². The number of aryl methyl sites for hydroxylation is 1. The van der Waals surface area contributed by atoms with Gasteiger partial charge in [-0.2, -0.15) is 4.58 Å². The average molecular weight is 712 g/mol. The van der Waals surface area contributed by atoms with E-state index in [1.165, 1.54) is 89.9 Å². The molecule has 2 heterocycles. The van der Waals surface area contributed by atoms with Gasteiger partial charge in [-0.05, 0) is 95.0 Å². The molecule has 3 nitrogen and oxygen atoms in total. The Hall–Kier alpha value is -5.15. The lowest BCUT2D eigenvalue weighted by Crippen LogP contribution is -2.17. The summed E-state index contributed by atoms with van der Waals surface area (Å²) in [7, 11) is 0. The summed E-state index contributed by atoms with van der Waals surface area (Å²) in [6, 6.07) is 36.0. The minimum atomic E-state index is 0.427. The first-order valence-corrected chi connectivity index (χ1v) is 20.6. The molecule has 1 aliphatic heterocycles. The van der Waals surface area contributed by atoms with Crippen molar-refractivity contribution >= 4 is 55.5 Å². The summed E-state index contributed by atoms with van der Waals surface area (Å²) >= 11 is 0. The maximum atomic E-state index is 6.13. The van der Waals surface area contributed by atoms with Crippen LogP contribution >= 0.6 is 0 Å². The number of unbranched alkanes of at least 4 members (excludes halogenated alkanes) is 3. The van der Waals surface area contributed by atoms with Gasteiger partial charge in [-0.3, -0.25) is 0 Å². The van der Waals surface area contributed by atoms with Crippen LogP contribution in [0.3, 0.4) is 0 Å². The van der Waals surface area contributed by atoms with Gasteiger partial charge >= 0.3 is 0 Å². The maximum Gasteiger partial charge on any atom is 0.214 e. The molecule has 2 aliphatic rings. The van der Waals surface area contributed by atoms with E-state index >= 15 is 0 Å². The van der Waals surface area contributed by atoms with Gasteiger partial charge in [0.25, 0.3) is 0 Å². The summed E-state index contributed by atoms with van der Waals surface area (Å²) in [5.41, 5.74) is 10.8. The second-order valence-electron chi connectivity index (χ2n) is 15.3. The first-order valence-electron chi connectivity index (χ1n) is 20.6. The Balaban J connectivity index is 1.30. The van der Waals surface area contributed by atoms with Crippen LogP contribution in [-0.2, 0) is 6.54 Å². The number of hydrogen-bond acceptors (Lipinski definition) is 1. The van der Waals surface area contributed by atoms with Crippen LogP contribution in [0.4, 0.5) is 5.69 Å². The molecule has 0 N–H and O–H groups in total. The molecule has 274 valence electrons. The zero-order chi connectivity index (χ0) is 37.0. The van der Waals surface area contributed by atoms with Crippen LogP contribution in [0.25, 0.3) is 44.1 Å².